The Labute approximate surface area is 168 Å². The van der Waals surface area contributed by atoms with Crippen molar-refractivity contribution in [2.75, 3.05) is 37.7 Å². The number of carbonyl (C=O) groups is 1. The van der Waals surface area contributed by atoms with Gasteiger partial charge in [-0.25, -0.2) is 9.37 Å². The number of benzene rings is 1. The van der Waals surface area contributed by atoms with E-state index in [1.165, 1.54) is 12.3 Å². The SMILES string of the molecule is Cc1cccc(CC(=O)N2C[C@@H]3CN(c4ncc(Cl)cc4F)C[C@]3(CO)C2)c1. The number of fused-ring (bicyclic) bond motifs is 1. The van der Waals surface area contributed by atoms with Gasteiger partial charge < -0.3 is 14.9 Å². The lowest BCUT2D eigenvalue weighted by Gasteiger charge is -2.28. The molecule has 2 fully saturated rings. The van der Waals surface area contributed by atoms with Crippen LogP contribution in [0.4, 0.5) is 10.2 Å². The summed E-state index contributed by atoms with van der Waals surface area (Å²) in [5.74, 6) is -0.0665. The van der Waals surface area contributed by atoms with Crippen molar-refractivity contribution in [1.82, 2.24) is 9.88 Å². The quantitative estimate of drug-likeness (QED) is 0.852. The van der Waals surface area contributed by atoms with Crippen LogP contribution in [0.25, 0.3) is 0 Å². The van der Waals surface area contributed by atoms with Crippen molar-refractivity contribution in [2.45, 2.75) is 13.3 Å². The van der Waals surface area contributed by atoms with Crippen LogP contribution in [-0.4, -0.2) is 53.7 Å². The lowest BCUT2D eigenvalue weighted by Crippen LogP contribution is -2.39. The van der Waals surface area contributed by atoms with Gasteiger partial charge in [0.05, 0.1) is 18.1 Å². The Morgan fingerprint density at radius 2 is 2.18 bits per heavy atom. The van der Waals surface area contributed by atoms with Crippen LogP contribution in [-0.2, 0) is 11.2 Å². The molecule has 2 aliphatic rings. The number of hydrogen-bond acceptors (Lipinski definition) is 4. The lowest BCUT2D eigenvalue weighted by atomic mass is 9.82. The number of aromatic nitrogens is 1. The Kier molecular flexibility index (Phi) is 5.02. The minimum atomic E-state index is -0.465. The monoisotopic (exact) mass is 403 g/mol. The van der Waals surface area contributed by atoms with E-state index in [1.54, 1.807) is 0 Å². The molecule has 5 nitrogen and oxygen atoms in total. The highest BCUT2D eigenvalue weighted by atomic mass is 35.5. The van der Waals surface area contributed by atoms with Gasteiger partial charge >= 0.3 is 0 Å². The molecule has 2 saturated heterocycles. The Bertz CT molecular complexity index is 909. The van der Waals surface area contributed by atoms with Gasteiger partial charge in [0.25, 0.3) is 0 Å². The molecule has 148 valence electrons. The van der Waals surface area contributed by atoms with Crippen molar-refractivity contribution in [3.63, 3.8) is 0 Å². The number of pyridine rings is 1. The molecule has 2 aromatic rings. The van der Waals surface area contributed by atoms with Gasteiger partial charge in [-0.2, -0.15) is 0 Å². The maximum atomic E-state index is 14.3. The van der Waals surface area contributed by atoms with Gasteiger partial charge in [-0.3, -0.25) is 4.79 Å². The summed E-state index contributed by atoms with van der Waals surface area (Å²) in [4.78, 5) is 20.6. The number of rotatable bonds is 4. The average Bonchev–Trinajstić information content (AvgIpc) is 3.16. The standard InChI is InChI=1S/C21H23ClFN3O2/c1-14-3-2-4-15(5-14)6-19(28)25-9-16-10-26(12-21(16,11-25)13-27)20-18(23)7-17(22)8-24-20/h2-5,7-8,16,27H,6,9-13H2,1H3/t16-,21+/m1/s1. The van der Waals surface area contributed by atoms with Crippen LogP contribution in [0.5, 0.6) is 0 Å². The molecule has 3 heterocycles. The maximum absolute atomic E-state index is 14.3. The van der Waals surface area contributed by atoms with E-state index in [0.717, 1.165) is 11.1 Å². The number of nitrogens with zero attached hydrogens (tertiary/aromatic N) is 3. The largest absolute Gasteiger partial charge is 0.396 e. The van der Waals surface area contributed by atoms with Crippen molar-refractivity contribution in [2.24, 2.45) is 11.3 Å². The highest BCUT2D eigenvalue weighted by molar-refractivity contribution is 6.30. The third-order valence-electron chi connectivity index (χ3n) is 5.95. The minimum Gasteiger partial charge on any atom is -0.396 e. The zero-order valence-electron chi connectivity index (χ0n) is 15.7. The molecule has 1 amide bonds. The summed E-state index contributed by atoms with van der Waals surface area (Å²) in [5, 5.41) is 10.4. The molecule has 2 atom stereocenters. The van der Waals surface area contributed by atoms with E-state index in [0.29, 0.717) is 32.6 Å². The molecule has 4 rings (SSSR count). The Morgan fingerprint density at radius 3 is 2.86 bits per heavy atom. The number of anilines is 1. The molecular formula is C21H23ClFN3O2. The van der Waals surface area contributed by atoms with Crippen molar-refractivity contribution in [1.29, 1.82) is 0 Å². The van der Waals surface area contributed by atoms with Crippen molar-refractivity contribution < 1.29 is 14.3 Å². The molecule has 0 bridgehead atoms. The molecule has 0 radical (unpaired) electrons. The number of aliphatic hydroxyl groups excluding tert-OH is 1. The van der Waals surface area contributed by atoms with E-state index >= 15 is 0 Å². The predicted octanol–water partition coefficient (Wildman–Crippen LogP) is 2.68. The van der Waals surface area contributed by atoms with E-state index in [9.17, 15) is 14.3 Å². The van der Waals surface area contributed by atoms with E-state index in [-0.39, 0.29) is 29.3 Å². The second-order valence-electron chi connectivity index (χ2n) is 8.00. The Hall–Kier alpha value is -2.18. The number of carbonyl (C=O) groups excluding carboxylic acids is 1. The number of amides is 1. The predicted molar refractivity (Wildman–Crippen MR) is 106 cm³/mol. The second kappa shape index (κ2) is 7.33. The van der Waals surface area contributed by atoms with E-state index in [4.69, 9.17) is 11.6 Å². The number of aryl methyl sites for hydroxylation is 1. The molecule has 7 heteroatoms. The average molecular weight is 404 g/mol. The smallest absolute Gasteiger partial charge is 0.227 e. The lowest BCUT2D eigenvalue weighted by molar-refractivity contribution is -0.130. The normalized spacial score (nSPS) is 23.9. The first-order valence-electron chi connectivity index (χ1n) is 9.40. The van der Waals surface area contributed by atoms with Crippen LogP contribution in [0.15, 0.2) is 36.5 Å². The van der Waals surface area contributed by atoms with Crippen LogP contribution >= 0.6 is 11.6 Å². The molecule has 0 saturated carbocycles. The topological polar surface area (TPSA) is 56.7 Å². The van der Waals surface area contributed by atoms with Crippen molar-refractivity contribution >= 4 is 23.3 Å². The van der Waals surface area contributed by atoms with Crippen LogP contribution in [0, 0.1) is 24.1 Å². The third kappa shape index (κ3) is 3.47. The molecule has 1 aromatic carbocycles. The second-order valence-corrected chi connectivity index (χ2v) is 8.43. The summed E-state index contributed by atoms with van der Waals surface area (Å²) >= 11 is 5.80. The van der Waals surface area contributed by atoms with Gasteiger partial charge in [0, 0.05) is 43.7 Å². The van der Waals surface area contributed by atoms with Gasteiger partial charge in [-0.15, -0.1) is 0 Å². The zero-order chi connectivity index (χ0) is 19.9. The number of likely N-dealkylation sites (tertiary alicyclic amines) is 1. The van der Waals surface area contributed by atoms with Gasteiger partial charge in [-0.05, 0) is 18.6 Å². The highest BCUT2D eigenvalue weighted by Crippen LogP contribution is 2.44. The summed E-state index contributed by atoms with van der Waals surface area (Å²) < 4.78 is 14.3. The Balaban J connectivity index is 1.47. The van der Waals surface area contributed by atoms with Crippen LogP contribution in [0.1, 0.15) is 11.1 Å². The third-order valence-corrected chi connectivity index (χ3v) is 6.16. The highest BCUT2D eigenvalue weighted by Gasteiger charge is 2.53. The first-order valence-corrected chi connectivity index (χ1v) is 9.78. The van der Waals surface area contributed by atoms with Crippen LogP contribution in [0.3, 0.4) is 0 Å². The van der Waals surface area contributed by atoms with Crippen LogP contribution < -0.4 is 4.90 Å². The summed E-state index contributed by atoms with van der Waals surface area (Å²) in [6.45, 7) is 4.03. The molecule has 2 aliphatic heterocycles. The summed E-state index contributed by atoms with van der Waals surface area (Å²) in [6, 6.07) is 9.19. The number of aliphatic hydroxyl groups is 1. The van der Waals surface area contributed by atoms with E-state index in [1.807, 2.05) is 41.0 Å². The first-order chi connectivity index (χ1) is 13.4. The van der Waals surface area contributed by atoms with Gasteiger partial charge in [0.2, 0.25) is 5.91 Å². The minimum absolute atomic E-state index is 0.0440. The fraction of sp³-hybridized carbons (Fsp3) is 0.429. The summed E-state index contributed by atoms with van der Waals surface area (Å²) in [5.41, 5.74) is 1.67. The molecule has 1 N–H and O–H groups in total. The van der Waals surface area contributed by atoms with Gasteiger partial charge in [0.15, 0.2) is 11.6 Å². The fourth-order valence-electron chi connectivity index (χ4n) is 4.50. The molecule has 0 unspecified atom stereocenters. The number of hydrogen-bond donors (Lipinski definition) is 1. The van der Waals surface area contributed by atoms with Gasteiger partial charge in [-0.1, -0.05) is 41.4 Å². The summed E-state index contributed by atoms with van der Waals surface area (Å²) in [6.07, 6.45) is 1.78. The van der Waals surface area contributed by atoms with Gasteiger partial charge in [0.1, 0.15) is 0 Å². The first kappa shape index (κ1) is 19.2. The fourth-order valence-corrected chi connectivity index (χ4v) is 4.65. The molecular weight excluding hydrogens is 381 g/mol. The molecule has 1 aromatic heterocycles. The summed E-state index contributed by atoms with van der Waals surface area (Å²) in [7, 11) is 0. The zero-order valence-corrected chi connectivity index (χ0v) is 16.5. The molecule has 28 heavy (non-hydrogen) atoms. The van der Waals surface area contributed by atoms with E-state index < -0.39 is 11.2 Å². The molecule has 0 aliphatic carbocycles. The molecule has 0 spiro atoms. The number of halogens is 2. The maximum Gasteiger partial charge on any atom is 0.227 e. The van der Waals surface area contributed by atoms with E-state index in [2.05, 4.69) is 4.98 Å². The van der Waals surface area contributed by atoms with Crippen molar-refractivity contribution in [3.8, 4) is 0 Å². The van der Waals surface area contributed by atoms with Crippen LogP contribution in [0.2, 0.25) is 5.02 Å². The van der Waals surface area contributed by atoms with Crippen molar-refractivity contribution in [3.05, 3.63) is 58.5 Å². The Morgan fingerprint density at radius 1 is 1.36 bits per heavy atom.